The molecule has 0 spiro atoms. The lowest BCUT2D eigenvalue weighted by atomic mass is 9.92. The van der Waals surface area contributed by atoms with Crippen LogP contribution in [0.2, 0.25) is 0 Å². The summed E-state index contributed by atoms with van der Waals surface area (Å²) in [6.07, 6.45) is 5.13. The molecule has 0 bridgehead atoms. The van der Waals surface area contributed by atoms with E-state index < -0.39 is 6.04 Å². The number of halogens is 2. The Morgan fingerprint density at radius 2 is 2.00 bits per heavy atom. The number of methoxy groups -OCH3 is 1. The first kappa shape index (κ1) is 26.0. The van der Waals surface area contributed by atoms with E-state index in [0.717, 1.165) is 24.0 Å². The predicted molar refractivity (Wildman–Crippen MR) is 119 cm³/mol. The molecule has 30 heavy (non-hydrogen) atoms. The number of rotatable bonds is 8. The Morgan fingerprint density at radius 3 is 2.67 bits per heavy atom. The fourth-order valence-electron chi connectivity index (χ4n) is 3.18. The van der Waals surface area contributed by atoms with Gasteiger partial charge in [-0.15, -0.1) is 24.8 Å². The zero-order chi connectivity index (χ0) is 19.8. The second kappa shape index (κ2) is 13.3. The number of pyridine rings is 1. The lowest BCUT2D eigenvalue weighted by Crippen LogP contribution is -2.46. The minimum absolute atomic E-state index is 0. The van der Waals surface area contributed by atoms with Crippen LogP contribution in [0.1, 0.15) is 24.0 Å². The molecule has 0 saturated carbocycles. The van der Waals surface area contributed by atoms with Crippen LogP contribution in [0.15, 0.2) is 42.7 Å². The summed E-state index contributed by atoms with van der Waals surface area (Å²) in [4.78, 5) is 16.4. The summed E-state index contributed by atoms with van der Waals surface area (Å²) in [5, 5.41) is 2.92. The van der Waals surface area contributed by atoms with Crippen molar-refractivity contribution in [2.75, 3.05) is 20.3 Å². The van der Waals surface area contributed by atoms with Crippen molar-refractivity contribution in [2.24, 2.45) is 11.7 Å². The fourth-order valence-corrected chi connectivity index (χ4v) is 3.18. The Kier molecular flexibility index (Phi) is 11.5. The molecule has 0 aliphatic carbocycles. The van der Waals surface area contributed by atoms with E-state index in [4.69, 9.17) is 19.9 Å². The van der Waals surface area contributed by atoms with E-state index in [2.05, 4.69) is 10.3 Å². The van der Waals surface area contributed by atoms with Gasteiger partial charge in [0.15, 0.2) is 11.5 Å². The van der Waals surface area contributed by atoms with Crippen molar-refractivity contribution in [1.82, 2.24) is 10.3 Å². The largest absolute Gasteiger partial charge is 0.493 e. The molecule has 1 saturated heterocycles. The third kappa shape index (κ3) is 7.32. The van der Waals surface area contributed by atoms with Gasteiger partial charge in [0.1, 0.15) is 6.61 Å². The Balaban J connectivity index is 0.00000225. The Hall–Kier alpha value is -2.06. The highest BCUT2D eigenvalue weighted by atomic mass is 35.5. The van der Waals surface area contributed by atoms with Crippen molar-refractivity contribution >= 4 is 30.7 Å². The topological polar surface area (TPSA) is 95.7 Å². The zero-order valence-electron chi connectivity index (χ0n) is 16.9. The monoisotopic (exact) mass is 457 g/mol. The number of hydrogen-bond acceptors (Lipinski definition) is 6. The standard InChI is InChI=1S/C21H27N3O4.2ClH/c1-26-19-11-15(4-5-18(19)28-14-16-3-2-8-23-12-16)13-24-21(25)20(22)17-6-9-27-10-7-17;;/h2-5,8,11-12,17,20H,6-7,9-10,13-14,22H2,1H3,(H,24,25);2*1H. The second-order valence-corrected chi connectivity index (χ2v) is 6.83. The highest BCUT2D eigenvalue weighted by Gasteiger charge is 2.26. The van der Waals surface area contributed by atoms with Crippen LogP contribution < -0.4 is 20.5 Å². The van der Waals surface area contributed by atoms with Crippen molar-refractivity contribution in [3.8, 4) is 11.5 Å². The SMILES string of the molecule is COc1cc(CNC(=O)C(N)C2CCOCC2)ccc1OCc1cccnc1.Cl.Cl. The smallest absolute Gasteiger partial charge is 0.237 e. The van der Waals surface area contributed by atoms with E-state index in [1.165, 1.54) is 0 Å². The van der Waals surface area contributed by atoms with Gasteiger partial charge in [0.25, 0.3) is 0 Å². The Labute approximate surface area is 189 Å². The lowest BCUT2D eigenvalue weighted by Gasteiger charge is -2.26. The van der Waals surface area contributed by atoms with Crippen molar-refractivity contribution in [1.29, 1.82) is 0 Å². The quantitative estimate of drug-likeness (QED) is 0.632. The predicted octanol–water partition coefficient (Wildman–Crippen LogP) is 2.88. The summed E-state index contributed by atoms with van der Waals surface area (Å²) in [6, 6.07) is 8.92. The van der Waals surface area contributed by atoms with E-state index in [1.54, 1.807) is 19.5 Å². The first-order chi connectivity index (χ1) is 13.7. The third-order valence-electron chi connectivity index (χ3n) is 4.89. The van der Waals surface area contributed by atoms with Crippen LogP contribution >= 0.6 is 24.8 Å². The molecule has 1 aromatic heterocycles. The number of carbonyl (C=O) groups excluding carboxylic acids is 1. The molecule has 1 amide bonds. The maximum atomic E-state index is 12.4. The van der Waals surface area contributed by atoms with Gasteiger partial charge in [-0.2, -0.15) is 0 Å². The van der Waals surface area contributed by atoms with Gasteiger partial charge < -0.3 is 25.3 Å². The number of ether oxygens (including phenoxy) is 3. The number of hydrogen-bond donors (Lipinski definition) is 2. The molecular formula is C21H29Cl2N3O4. The summed E-state index contributed by atoms with van der Waals surface area (Å²) >= 11 is 0. The molecule has 2 aromatic rings. The molecule has 166 valence electrons. The molecule has 1 aliphatic heterocycles. The first-order valence-electron chi connectivity index (χ1n) is 9.47. The maximum absolute atomic E-state index is 12.4. The normalized spacial score (nSPS) is 14.6. The number of aromatic nitrogens is 1. The molecule has 2 heterocycles. The highest BCUT2D eigenvalue weighted by molar-refractivity contribution is 5.85. The molecule has 1 atom stereocenters. The van der Waals surface area contributed by atoms with Crippen LogP contribution in [0.4, 0.5) is 0 Å². The third-order valence-corrected chi connectivity index (χ3v) is 4.89. The first-order valence-corrected chi connectivity index (χ1v) is 9.47. The zero-order valence-corrected chi connectivity index (χ0v) is 18.5. The summed E-state index contributed by atoms with van der Waals surface area (Å²) < 4.78 is 16.6. The van der Waals surface area contributed by atoms with E-state index in [1.807, 2.05) is 30.3 Å². The van der Waals surface area contributed by atoms with Gasteiger partial charge >= 0.3 is 0 Å². The van der Waals surface area contributed by atoms with E-state index in [0.29, 0.717) is 37.9 Å². The minimum Gasteiger partial charge on any atom is -0.493 e. The van der Waals surface area contributed by atoms with Crippen LogP contribution in [-0.4, -0.2) is 37.3 Å². The number of nitrogens with one attached hydrogen (secondary N) is 1. The molecule has 7 nitrogen and oxygen atoms in total. The molecular weight excluding hydrogens is 429 g/mol. The van der Waals surface area contributed by atoms with Crippen molar-refractivity contribution in [2.45, 2.75) is 32.0 Å². The highest BCUT2D eigenvalue weighted by Crippen LogP contribution is 2.29. The van der Waals surface area contributed by atoms with Gasteiger partial charge in [-0.05, 0) is 42.5 Å². The number of nitrogens with zero attached hydrogens (tertiary/aromatic N) is 1. The summed E-state index contributed by atoms with van der Waals surface area (Å²) in [7, 11) is 1.59. The summed E-state index contributed by atoms with van der Waals surface area (Å²) in [5.74, 6) is 1.29. The van der Waals surface area contributed by atoms with Crippen molar-refractivity contribution in [3.63, 3.8) is 0 Å². The minimum atomic E-state index is -0.507. The van der Waals surface area contributed by atoms with Gasteiger partial charge in [0.05, 0.1) is 13.2 Å². The summed E-state index contributed by atoms with van der Waals surface area (Å²) in [6.45, 7) is 2.13. The second-order valence-electron chi connectivity index (χ2n) is 6.83. The molecule has 0 radical (unpaired) electrons. The molecule has 1 unspecified atom stereocenters. The van der Waals surface area contributed by atoms with Gasteiger partial charge in [-0.25, -0.2) is 0 Å². The fraction of sp³-hybridized carbons (Fsp3) is 0.429. The van der Waals surface area contributed by atoms with Crippen molar-refractivity contribution < 1.29 is 19.0 Å². The van der Waals surface area contributed by atoms with Crippen molar-refractivity contribution in [3.05, 3.63) is 53.9 Å². The van der Waals surface area contributed by atoms with E-state index in [-0.39, 0.29) is 36.6 Å². The Bertz CT molecular complexity index is 774. The summed E-state index contributed by atoms with van der Waals surface area (Å²) in [5.41, 5.74) is 8.00. The van der Waals surface area contributed by atoms with Crippen LogP contribution in [0.3, 0.4) is 0 Å². The number of benzene rings is 1. The number of nitrogens with two attached hydrogens (primary N) is 1. The molecule has 9 heteroatoms. The van der Waals surface area contributed by atoms with Crippen LogP contribution in [0.5, 0.6) is 11.5 Å². The van der Waals surface area contributed by atoms with Gasteiger partial charge in [-0.1, -0.05) is 12.1 Å². The average Bonchev–Trinajstić information content (AvgIpc) is 2.77. The average molecular weight is 458 g/mol. The van der Waals surface area contributed by atoms with Crippen LogP contribution in [0.25, 0.3) is 0 Å². The molecule has 1 fully saturated rings. The molecule has 1 aromatic carbocycles. The molecule has 1 aliphatic rings. The Morgan fingerprint density at radius 1 is 1.23 bits per heavy atom. The van der Waals surface area contributed by atoms with E-state index >= 15 is 0 Å². The number of amides is 1. The molecule has 3 rings (SSSR count). The van der Waals surface area contributed by atoms with Gasteiger partial charge in [0, 0.05) is 37.7 Å². The van der Waals surface area contributed by atoms with Gasteiger partial charge in [0.2, 0.25) is 5.91 Å². The number of carbonyl (C=O) groups is 1. The molecule has 3 N–H and O–H groups in total. The lowest BCUT2D eigenvalue weighted by molar-refractivity contribution is -0.124. The van der Waals surface area contributed by atoms with Crippen LogP contribution in [-0.2, 0) is 22.7 Å². The van der Waals surface area contributed by atoms with Gasteiger partial charge in [-0.3, -0.25) is 9.78 Å². The van der Waals surface area contributed by atoms with E-state index in [9.17, 15) is 4.79 Å². The maximum Gasteiger partial charge on any atom is 0.237 e. The van der Waals surface area contributed by atoms with Crippen LogP contribution in [0, 0.1) is 5.92 Å².